The second-order valence-corrected chi connectivity index (χ2v) is 9.36. The Hall–Kier alpha value is -2.51. The van der Waals surface area contributed by atoms with Gasteiger partial charge in [-0.2, -0.15) is 0 Å². The van der Waals surface area contributed by atoms with Crippen LogP contribution >= 0.6 is 22.7 Å². The van der Waals surface area contributed by atoms with Crippen molar-refractivity contribution in [1.29, 1.82) is 0 Å². The van der Waals surface area contributed by atoms with Gasteiger partial charge >= 0.3 is 0 Å². The zero-order valence-electron chi connectivity index (χ0n) is 17.2. The van der Waals surface area contributed by atoms with Gasteiger partial charge in [-0.05, 0) is 54.8 Å². The Morgan fingerprint density at radius 2 is 1.97 bits per heavy atom. The zero-order valence-corrected chi connectivity index (χ0v) is 18.9. The van der Waals surface area contributed by atoms with Gasteiger partial charge in [0.15, 0.2) is 0 Å². The fourth-order valence-corrected chi connectivity index (χ4v) is 5.70. The number of hydrogen-bond acceptors (Lipinski definition) is 6. The maximum absolute atomic E-state index is 13.4. The molecule has 5 nitrogen and oxygen atoms in total. The van der Waals surface area contributed by atoms with Crippen LogP contribution in [0.15, 0.2) is 35.7 Å². The monoisotopic (exact) mass is 442 g/mol. The molecule has 0 aliphatic heterocycles. The number of methoxy groups -OCH3 is 2. The smallest absolute Gasteiger partial charge is 0.259 e. The molecule has 2 N–H and O–H groups in total. The normalized spacial score (nSPS) is 13.3. The largest absolute Gasteiger partial charge is 0.497 e. The van der Waals surface area contributed by atoms with Crippen molar-refractivity contribution in [2.45, 2.75) is 38.6 Å². The van der Waals surface area contributed by atoms with Gasteiger partial charge in [0, 0.05) is 15.8 Å². The summed E-state index contributed by atoms with van der Waals surface area (Å²) >= 11 is 3.45. The number of amides is 1. The van der Waals surface area contributed by atoms with Crippen LogP contribution in [-0.2, 0) is 19.4 Å². The molecule has 0 unspecified atom stereocenters. The van der Waals surface area contributed by atoms with Crippen LogP contribution in [0.4, 0.5) is 10.7 Å². The van der Waals surface area contributed by atoms with Crippen molar-refractivity contribution in [1.82, 2.24) is 0 Å². The van der Waals surface area contributed by atoms with Crippen molar-refractivity contribution in [2.75, 3.05) is 24.9 Å². The van der Waals surface area contributed by atoms with Crippen molar-refractivity contribution in [3.8, 4) is 11.5 Å². The zero-order chi connectivity index (χ0) is 20.9. The number of aryl methyl sites for hydroxylation is 1. The average Bonchev–Trinajstić information content (AvgIpc) is 3.34. The molecule has 30 heavy (non-hydrogen) atoms. The first kappa shape index (κ1) is 20.8. The number of thiophene rings is 2. The molecule has 0 saturated heterocycles. The molecule has 1 aliphatic carbocycles. The summed E-state index contributed by atoms with van der Waals surface area (Å²) < 4.78 is 10.7. The highest BCUT2D eigenvalue weighted by Gasteiger charge is 2.25. The molecule has 0 fully saturated rings. The highest BCUT2D eigenvalue weighted by molar-refractivity contribution is 7.16. The number of nitrogens with one attached hydrogen (secondary N) is 2. The van der Waals surface area contributed by atoms with Crippen LogP contribution in [0.25, 0.3) is 0 Å². The lowest BCUT2D eigenvalue weighted by Crippen LogP contribution is -2.16. The fraction of sp³-hybridized carbons (Fsp3) is 0.348. The summed E-state index contributed by atoms with van der Waals surface area (Å²) in [6, 6.07) is 9.58. The Labute approximate surface area is 185 Å². The summed E-state index contributed by atoms with van der Waals surface area (Å²) in [7, 11) is 3.20. The number of anilines is 2. The van der Waals surface area contributed by atoms with Gasteiger partial charge in [-0.15, -0.1) is 22.7 Å². The Bertz CT molecular complexity index is 1010. The highest BCUT2D eigenvalue weighted by atomic mass is 32.1. The van der Waals surface area contributed by atoms with E-state index >= 15 is 0 Å². The maximum Gasteiger partial charge on any atom is 0.259 e. The summed E-state index contributed by atoms with van der Waals surface area (Å²) in [6.07, 6.45) is 5.53. The van der Waals surface area contributed by atoms with Gasteiger partial charge < -0.3 is 20.1 Å². The predicted molar refractivity (Wildman–Crippen MR) is 125 cm³/mol. The molecule has 158 valence electrons. The Morgan fingerprint density at radius 1 is 1.10 bits per heavy atom. The lowest BCUT2D eigenvalue weighted by molar-refractivity contribution is 0.102. The summed E-state index contributed by atoms with van der Waals surface area (Å²) in [5, 5.41) is 9.62. The van der Waals surface area contributed by atoms with Gasteiger partial charge in [0.25, 0.3) is 5.91 Å². The molecule has 2 aromatic heterocycles. The van der Waals surface area contributed by atoms with Gasteiger partial charge in [0.05, 0.1) is 32.0 Å². The van der Waals surface area contributed by atoms with Crippen molar-refractivity contribution < 1.29 is 14.3 Å². The quantitative estimate of drug-likeness (QED) is 0.443. The first-order chi connectivity index (χ1) is 14.7. The number of carbonyl (C=O) groups excluding carboxylic acids is 1. The molecule has 0 saturated carbocycles. The number of fused-ring (bicyclic) bond motifs is 1. The molecule has 1 aromatic carbocycles. The van der Waals surface area contributed by atoms with E-state index in [4.69, 9.17) is 9.47 Å². The highest BCUT2D eigenvalue weighted by Crippen LogP contribution is 2.39. The van der Waals surface area contributed by atoms with Crippen LogP contribution in [0.3, 0.4) is 0 Å². The number of ether oxygens (including phenoxy) is 2. The van der Waals surface area contributed by atoms with Crippen molar-refractivity contribution in [3.63, 3.8) is 0 Å². The van der Waals surface area contributed by atoms with E-state index in [9.17, 15) is 4.79 Å². The molecule has 0 bridgehead atoms. The van der Waals surface area contributed by atoms with Crippen LogP contribution in [-0.4, -0.2) is 20.1 Å². The number of carbonyl (C=O) groups is 1. The number of benzene rings is 1. The van der Waals surface area contributed by atoms with E-state index in [1.165, 1.54) is 28.2 Å². The minimum Gasteiger partial charge on any atom is -0.497 e. The van der Waals surface area contributed by atoms with Crippen molar-refractivity contribution in [3.05, 3.63) is 56.6 Å². The Kier molecular flexibility index (Phi) is 6.59. The van der Waals surface area contributed by atoms with Crippen molar-refractivity contribution in [2.24, 2.45) is 0 Å². The third-order valence-corrected chi connectivity index (χ3v) is 7.43. The van der Waals surface area contributed by atoms with E-state index in [0.29, 0.717) is 17.2 Å². The molecular weight excluding hydrogens is 416 g/mol. The molecule has 3 aromatic rings. The summed E-state index contributed by atoms with van der Waals surface area (Å²) in [5.74, 6) is 1.18. The van der Waals surface area contributed by atoms with Gasteiger partial charge in [-0.1, -0.05) is 12.5 Å². The van der Waals surface area contributed by atoms with Crippen LogP contribution in [0, 0.1) is 0 Å². The first-order valence-corrected chi connectivity index (χ1v) is 11.8. The topological polar surface area (TPSA) is 59.6 Å². The number of rotatable bonds is 7. The van der Waals surface area contributed by atoms with Crippen molar-refractivity contribution >= 4 is 39.3 Å². The third-order valence-electron chi connectivity index (χ3n) is 5.31. The standard InChI is InChI=1S/C23H26N2O3S2/c1-27-15-10-11-18(19(13-15)28-2)25-22(26)21-17-8-4-3-5-9-20(17)30-23(21)24-14-16-7-6-12-29-16/h6-7,10-13,24H,3-5,8-9,14H2,1-2H3,(H,25,26). The van der Waals surface area contributed by atoms with Gasteiger partial charge in [0.1, 0.15) is 16.5 Å². The van der Waals surface area contributed by atoms with Gasteiger partial charge in [-0.25, -0.2) is 0 Å². The van der Waals surface area contributed by atoms with Gasteiger partial charge in [-0.3, -0.25) is 4.79 Å². The van der Waals surface area contributed by atoms with Crippen LogP contribution in [0.5, 0.6) is 11.5 Å². The molecular formula is C23H26N2O3S2. The Balaban J connectivity index is 1.64. The molecule has 7 heteroatoms. The average molecular weight is 443 g/mol. The summed E-state index contributed by atoms with van der Waals surface area (Å²) in [5.41, 5.74) is 2.63. The molecule has 0 atom stereocenters. The molecule has 4 rings (SSSR count). The van der Waals surface area contributed by atoms with Gasteiger partial charge in [0.2, 0.25) is 0 Å². The predicted octanol–water partition coefficient (Wildman–Crippen LogP) is 5.96. The maximum atomic E-state index is 13.4. The van der Waals surface area contributed by atoms with E-state index < -0.39 is 0 Å². The molecule has 1 amide bonds. The van der Waals surface area contributed by atoms with Crippen LogP contribution in [0.2, 0.25) is 0 Å². The molecule has 0 spiro atoms. The van der Waals surface area contributed by atoms with E-state index in [1.807, 2.05) is 12.1 Å². The summed E-state index contributed by atoms with van der Waals surface area (Å²) in [4.78, 5) is 16.0. The molecule has 0 radical (unpaired) electrons. The van der Waals surface area contributed by atoms with E-state index in [1.54, 1.807) is 43.0 Å². The minimum absolute atomic E-state index is 0.0912. The lowest BCUT2D eigenvalue weighted by Gasteiger charge is -2.13. The van der Waals surface area contributed by atoms with E-state index in [0.717, 1.165) is 36.4 Å². The summed E-state index contributed by atoms with van der Waals surface area (Å²) in [6.45, 7) is 0.725. The first-order valence-electron chi connectivity index (χ1n) is 10.1. The van der Waals surface area contributed by atoms with E-state index in [2.05, 4.69) is 28.1 Å². The lowest BCUT2D eigenvalue weighted by atomic mass is 10.0. The number of hydrogen-bond donors (Lipinski definition) is 2. The van der Waals surface area contributed by atoms with Crippen LogP contribution in [0.1, 0.15) is 44.9 Å². The fourth-order valence-electron chi connectivity index (χ4n) is 3.77. The second kappa shape index (κ2) is 9.53. The Morgan fingerprint density at radius 3 is 2.73 bits per heavy atom. The van der Waals surface area contributed by atoms with E-state index in [-0.39, 0.29) is 5.91 Å². The third kappa shape index (κ3) is 4.47. The molecule has 2 heterocycles. The minimum atomic E-state index is -0.0912. The SMILES string of the molecule is COc1ccc(NC(=O)c2c(NCc3cccs3)sc3c2CCCCC3)c(OC)c1. The second-order valence-electron chi connectivity index (χ2n) is 7.22. The van der Waals surface area contributed by atoms with Crippen LogP contribution < -0.4 is 20.1 Å². The molecule has 1 aliphatic rings.